The zero-order valence-electron chi connectivity index (χ0n) is 17.3. The van der Waals surface area contributed by atoms with E-state index in [0.29, 0.717) is 0 Å². The average molecular weight is 425 g/mol. The topological polar surface area (TPSA) is 17.8 Å². The van der Waals surface area contributed by atoms with Gasteiger partial charge < -0.3 is 0 Å². The molecule has 1 heterocycles. The predicted molar refractivity (Wildman–Crippen MR) is 126 cm³/mol. The molecule has 0 unspecified atom stereocenters. The summed E-state index contributed by atoms with van der Waals surface area (Å²) in [7, 11) is 0. The molecule has 4 heteroatoms. The first-order chi connectivity index (χ1) is 14.2. The first-order valence-corrected chi connectivity index (χ1v) is 12.3. The molecule has 1 aliphatic carbocycles. The Hall–Kier alpha value is -1.71. The zero-order chi connectivity index (χ0) is 20.2. The van der Waals surface area contributed by atoms with Gasteiger partial charge in [0, 0.05) is 22.7 Å². The van der Waals surface area contributed by atoms with E-state index in [1.807, 2.05) is 12.1 Å². The second kappa shape index (κ2) is 9.40. The highest BCUT2D eigenvalue weighted by Crippen LogP contribution is 2.40. The van der Waals surface area contributed by atoms with Crippen LogP contribution in [0.25, 0.3) is 22.4 Å². The van der Waals surface area contributed by atoms with Gasteiger partial charge in [-0.1, -0.05) is 80.3 Å². The standard InChI is InChI=1S/C25H29ClN2S/c1-3-18-9-11-19(12-10-18)17-28-25(29-2)23(20-13-15-22(26)16-14-20)24(27-28)21-7-5-4-6-8-21/h4-8,13-16,18-19H,3,9-12,17H2,1-2H3. The van der Waals surface area contributed by atoms with Crippen LogP contribution >= 0.6 is 23.4 Å². The smallest absolute Gasteiger partial charge is 0.102 e. The van der Waals surface area contributed by atoms with Crippen LogP contribution in [0.2, 0.25) is 5.02 Å². The third kappa shape index (κ3) is 4.57. The Morgan fingerprint density at radius 3 is 2.21 bits per heavy atom. The molecule has 0 bridgehead atoms. The summed E-state index contributed by atoms with van der Waals surface area (Å²) in [4.78, 5) is 0. The maximum Gasteiger partial charge on any atom is 0.102 e. The summed E-state index contributed by atoms with van der Waals surface area (Å²) in [5.74, 6) is 1.65. The van der Waals surface area contributed by atoms with Gasteiger partial charge >= 0.3 is 0 Å². The summed E-state index contributed by atoms with van der Waals surface area (Å²) < 4.78 is 2.27. The van der Waals surface area contributed by atoms with Crippen molar-refractivity contribution in [2.75, 3.05) is 6.26 Å². The molecule has 0 N–H and O–H groups in total. The van der Waals surface area contributed by atoms with E-state index in [9.17, 15) is 0 Å². The first-order valence-electron chi connectivity index (χ1n) is 10.7. The minimum atomic E-state index is 0.727. The fourth-order valence-corrected chi connectivity index (χ4v) is 5.39. The van der Waals surface area contributed by atoms with E-state index in [2.05, 4.69) is 60.3 Å². The summed E-state index contributed by atoms with van der Waals surface area (Å²) in [6.07, 6.45) is 8.87. The zero-order valence-corrected chi connectivity index (χ0v) is 18.8. The van der Waals surface area contributed by atoms with Crippen LogP contribution in [0.5, 0.6) is 0 Å². The molecule has 0 amide bonds. The molecule has 0 spiro atoms. The van der Waals surface area contributed by atoms with Crippen molar-refractivity contribution in [1.82, 2.24) is 9.78 Å². The SMILES string of the molecule is CCC1CCC(Cn2nc(-c3ccccc3)c(-c3ccc(Cl)cc3)c2SC)CC1. The maximum absolute atomic E-state index is 6.16. The van der Waals surface area contributed by atoms with Crippen molar-refractivity contribution in [2.24, 2.45) is 11.8 Å². The molecule has 1 fully saturated rings. The number of hydrogen-bond donors (Lipinski definition) is 0. The van der Waals surface area contributed by atoms with Gasteiger partial charge in [0.25, 0.3) is 0 Å². The molecule has 4 rings (SSSR count). The highest BCUT2D eigenvalue weighted by Gasteiger charge is 2.25. The lowest BCUT2D eigenvalue weighted by Gasteiger charge is -2.28. The Morgan fingerprint density at radius 1 is 0.931 bits per heavy atom. The largest absolute Gasteiger partial charge is 0.258 e. The van der Waals surface area contributed by atoms with E-state index in [4.69, 9.17) is 16.7 Å². The number of rotatable bonds is 6. The van der Waals surface area contributed by atoms with Crippen LogP contribution in [-0.4, -0.2) is 16.0 Å². The molecule has 29 heavy (non-hydrogen) atoms. The lowest BCUT2D eigenvalue weighted by molar-refractivity contribution is 0.238. The molecular weight excluding hydrogens is 396 g/mol. The van der Waals surface area contributed by atoms with Crippen molar-refractivity contribution in [3.8, 4) is 22.4 Å². The summed E-state index contributed by atoms with van der Waals surface area (Å²) in [6.45, 7) is 3.34. The van der Waals surface area contributed by atoms with Gasteiger partial charge in [-0.05, 0) is 48.6 Å². The molecule has 1 aromatic heterocycles. The lowest BCUT2D eigenvalue weighted by Crippen LogP contribution is -2.19. The van der Waals surface area contributed by atoms with E-state index in [1.54, 1.807) is 11.8 Å². The summed E-state index contributed by atoms with van der Waals surface area (Å²) in [5, 5.41) is 7.16. The molecule has 0 aliphatic heterocycles. The fourth-order valence-electron chi connectivity index (χ4n) is 4.52. The van der Waals surface area contributed by atoms with Gasteiger partial charge in [0.05, 0.1) is 0 Å². The van der Waals surface area contributed by atoms with Crippen molar-refractivity contribution in [3.05, 3.63) is 59.6 Å². The van der Waals surface area contributed by atoms with Crippen molar-refractivity contribution in [1.29, 1.82) is 0 Å². The minimum Gasteiger partial charge on any atom is -0.258 e. The van der Waals surface area contributed by atoms with E-state index in [1.165, 1.54) is 53.8 Å². The molecule has 2 aromatic carbocycles. The Balaban J connectivity index is 1.73. The van der Waals surface area contributed by atoms with Crippen LogP contribution in [0.4, 0.5) is 0 Å². The number of aromatic nitrogens is 2. The number of benzene rings is 2. The van der Waals surface area contributed by atoms with Gasteiger partial charge in [0.15, 0.2) is 0 Å². The maximum atomic E-state index is 6.16. The molecule has 3 aromatic rings. The molecule has 152 valence electrons. The molecule has 0 saturated heterocycles. The second-order valence-corrected chi connectivity index (χ2v) is 9.31. The fraction of sp³-hybridized carbons (Fsp3) is 0.400. The molecule has 0 atom stereocenters. The summed E-state index contributed by atoms with van der Waals surface area (Å²) >= 11 is 7.96. The van der Waals surface area contributed by atoms with Crippen LogP contribution in [0.1, 0.15) is 39.0 Å². The minimum absolute atomic E-state index is 0.727. The predicted octanol–water partition coefficient (Wildman–Crippen LogP) is 7.81. The number of halogens is 1. The van der Waals surface area contributed by atoms with Crippen molar-refractivity contribution in [2.45, 2.75) is 50.6 Å². The molecule has 1 aliphatic rings. The number of hydrogen-bond acceptors (Lipinski definition) is 2. The van der Waals surface area contributed by atoms with Gasteiger partial charge in [0.1, 0.15) is 10.7 Å². The van der Waals surface area contributed by atoms with Gasteiger partial charge in [-0.2, -0.15) is 5.10 Å². The van der Waals surface area contributed by atoms with E-state index in [0.717, 1.165) is 29.1 Å². The number of nitrogens with zero attached hydrogens (tertiary/aromatic N) is 2. The van der Waals surface area contributed by atoms with E-state index < -0.39 is 0 Å². The van der Waals surface area contributed by atoms with Crippen LogP contribution in [0, 0.1) is 11.8 Å². The second-order valence-electron chi connectivity index (χ2n) is 8.08. The van der Waals surface area contributed by atoms with Gasteiger partial charge in [-0.15, -0.1) is 11.8 Å². The molecular formula is C25H29ClN2S. The van der Waals surface area contributed by atoms with Crippen molar-refractivity contribution < 1.29 is 0 Å². The quantitative estimate of drug-likeness (QED) is 0.375. The van der Waals surface area contributed by atoms with Crippen LogP contribution in [-0.2, 0) is 6.54 Å². The Labute approximate surface area is 183 Å². The first kappa shape index (κ1) is 20.6. The molecule has 1 saturated carbocycles. The highest BCUT2D eigenvalue weighted by atomic mass is 35.5. The third-order valence-corrected chi connectivity index (χ3v) is 7.31. The van der Waals surface area contributed by atoms with Crippen molar-refractivity contribution >= 4 is 23.4 Å². The summed E-state index contributed by atoms with van der Waals surface area (Å²) in [5.41, 5.74) is 4.64. The molecule has 0 radical (unpaired) electrons. The normalized spacial score (nSPS) is 19.4. The van der Waals surface area contributed by atoms with Gasteiger partial charge in [0.2, 0.25) is 0 Å². The van der Waals surface area contributed by atoms with Gasteiger partial charge in [-0.3, -0.25) is 4.68 Å². The van der Waals surface area contributed by atoms with E-state index in [-0.39, 0.29) is 0 Å². The lowest BCUT2D eigenvalue weighted by atomic mass is 9.81. The van der Waals surface area contributed by atoms with Gasteiger partial charge in [-0.25, -0.2) is 0 Å². The molecule has 2 nitrogen and oxygen atoms in total. The number of thioether (sulfide) groups is 1. The van der Waals surface area contributed by atoms with Crippen LogP contribution < -0.4 is 0 Å². The van der Waals surface area contributed by atoms with Crippen LogP contribution in [0.15, 0.2) is 59.6 Å². The Kier molecular flexibility index (Phi) is 6.67. The monoisotopic (exact) mass is 424 g/mol. The van der Waals surface area contributed by atoms with E-state index >= 15 is 0 Å². The summed E-state index contributed by atoms with van der Waals surface area (Å²) in [6, 6.07) is 18.7. The Bertz CT molecular complexity index is 925. The third-order valence-electron chi connectivity index (χ3n) is 6.25. The average Bonchev–Trinajstić information content (AvgIpc) is 3.13. The Morgan fingerprint density at radius 2 is 1.59 bits per heavy atom. The highest BCUT2D eigenvalue weighted by molar-refractivity contribution is 7.98. The van der Waals surface area contributed by atoms with Crippen molar-refractivity contribution in [3.63, 3.8) is 0 Å². The van der Waals surface area contributed by atoms with Crippen LogP contribution in [0.3, 0.4) is 0 Å².